The number of aliphatic hydroxyl groups is 1. The van der Waals surface area contributed by atoms with Crippen molar-refractivity contribution in [2.45, 2.75) is 32.2 Å². The molecule has 1 aliphatic carbocycles. The Labute approximate surface area is 111 Å². The van der Waals surface area contributed by atoms with Crippen molar-refractivity contribution in [3.05, 3.63) is 21.9 Å². The summed E-state index contributed by atoms with van der Waals surface area (Å²) in [6.07, 6.45) is 2.71. The zero-order valence-electron chi connectivity index (χ0n) is 10.4. The molecule has 2 N–H and O–H groups in total. The third-order valence-electron chi connectivity index (χ3n) is 3.07. The summed E-state index contributed by atoms with van der Waals surface area (Å²) in [4.78, 5) is 12.8. The van der Waals surface area contributed by atoms with Crippen molar-refractivity contribution in [2.75, 3.05) is 6.61 Å². The number of thiophene rings is 1. The molecule has 0 bridgehead atoms. The lowest BCUT2D eigenvalue weighted by Crippen LogP contribution is -2.26. The van der Waals surface area contributed by atoms with E-state index in [0.29, 0.717) is 23.9 Å². The van der Waals surface area contributed by atoms with Crippen molar-refractivity contribution in [2.24, 2.45) is 5.92 Å². The third-order valence-corrected chi connectivity index (χ3v) is 3.92. The minimum absolute atomic E-state index is 0.00223. The maximum Gasteiger partial charge on any atom is 0.252 e. The minimum atomic E-state index is 0.00223. The summed E-state index contributed by atoms with van der Waals surface area (Å²) in [6.45, 7) is 2.22. The molecule has 2 rings (SSSR count). The Morgan fingerprint density at radius 2 is 2.50 bits per heavy atom. The highest BCUT2D eigenvalue weighted by molar-refractivity contribution is 7.10. The molecule has 1 aromatic heterocycles. The molecule has 1 aromatic rings. The zero-order chi connectivity index (χ0) is 13.0. The Morgan fingerprint density at radius 3 is 3.17 bits per heavy atom. The topological polar surface area (TPSA) is 49.3 Å². The Bertz CT molecular complexity index is 483. The van der Waals surface area contributed by atoms with Crippen LogP contribution in [0.3, 0.4) is 0 Å². The first-order valence-corrected chi connectivity index (χ1v) is 7.11. The average molecular weight is 263 g/mol. The molecule has 0 saturated heterocycles. The maximum atomic E-state index is 11.9. The van der Waals surface area contributed by atoms with Gasteiger partial charge in [0.1, 0.15) is 0 Å². The second kappa shape index (κ2) is 6.03. The summed E-state index contributed by atoms with van der Waals surface area (Å²) < 4.78 is 0. The lowest BCUT2D eigenvalue weighted by Gasteiger charge is -2.01. The molecule has 3 nitrogen and oxygen atoms in total. The molecule has 1 fully saturated rings. The molecule has 1 saturated carbocycles. The first-order valence-electron chi connectivity index (χ1n) is 6.23. The van der Waals surface area contributed by atoms with E-state index in [2.05, 4.69) is 24.1 Å². The molecule has 18 heavy (non-hydrogen) atoms. The quantitative estimate of drug-likeness (QED) is 0.816. The molecule has 1 heterocycles. The Morgan fingerprint density at radius 1 is 1.67 bits per heavy atom. The Hall–Kier alpha value is -1.31. The normalized spacial score (nSPS) is 21.0. The molecule has 1 aliphatic rings. The van der Waals surface area contributed by atoms with E-state index in [1.807, 2.05) is 11.4 Å². The van der Waals surface area contributed by atoms with Crippen LogP contribution < -0.4 is 5.32 Å². The summed E-state index contributed by atoms with van der Waals surface area (Å²) in [7, 11) is 0. The largest absolute Gasteiger partial charge is 0.395 e. The number of hydrogen-bond acceptors (Lipinski definition) is 3. The molecule has 0 spiro atoms. The van der Waals surface area contributed by atoms with Crippen molar-refractivity contribution in [3.63, 3.8) is 0 Å². The lowest BCUT2D eigenvalue weighted by atomic mass is 10.2. The number of rotatable bonds is 4. The van der Waals surface area contributed by atoms with E-state index in [-0.39, 0.29) is 12.5 Å². The van der Waals surface area contributed by atoms with E-state index >= 15 is 0 Å². The van der Waals surface area contributed by atoms with Crippen LogP contribution in [0.2, 0.25) is 0 Å². The second-order valence-electron chi connectivity index (χ2n) is 4.46. The van der Waals surface area contributed by atoms with Crippen LogP contribution in [0.1, 0.15) is 41.4 Å². The van der Waals surface area contributed by atoms with Crippen LogP contribution in [-0.2, 0) is 0 Å². The predicted octanol–water partition coefficient (Wildman–Crippen LogP) is 2.01. The van der Waals surface area contributed by atoms with Gasteiger partial charge >= 0.3 is 0 Å². The van der Waals surface area contributed by atoms with E-state index in [9.17, 15) is 4.79 Å². The van der Waals surface area contributed by atoms with Gasteiger partial charge in [-0.05, 0) is 18.4 Å². The highest BCUT2D eigenvalue weighted by atomic mass is 32.1. The third kappa shape index (κ3) is 3.34. The molecular weight excluding hydrogens is 246 g/mol. The van der Waals surface area contributed by atoms with Gasteiger partial charge in [-0.25, -0.2) is 0 Å². The fourth-order valence-corrected chi connectivity index (χ4v) is 2.61. The molecule has 2 unspecified atom stereocenters. The number of hydrogen-bond donors (Lipinski definition) is 2. The van der Waals surface area contributed by atoms with Gasteiger partial charge < -0.3 is 10.4 Å². The van der Waals surface area contributed by atoms with Crippen LogP contribution in [0.5, 0.6) is 0 Å². The fourth-order valence-electron chi connectivity index (χ4n) is 1.85. The summed E-state index contributed by atoms with van der Waals surface area (Å²) in [5.74, 6) is 6.46. The highest BCUT2D eigenvalue weighted by Crippen LogP contribution is 2.33. The lowest BCUT2D eigenvalue weighted by molar-refractivity contribution is 0.0949. The standard InChI is InChI=1S/C14H17NO2S/c1-2-10-8-13(10)15-14(17)11-7-12(18-9-11)5-3-4-6-16/h7,9-10,13,16H,2,4,6,8H2,1H3,(H,15,17). The summed E-state index contributed by atoms with van der Waals surface area (Å²) in [6, 6.07) is 2.18. The van der Waals surface area contributed by atoms with Crippen molar-refractivity contribution in [3.8, 4) is 11.8 Å². The highest BCUT2D eigenvalue weighted by Gasteiger charge is 2.36. The van der Waals surface area contributed by atoms with Crippen molar-refractivity contribution in [1.29, 1.82) is 0 Å². The van der Waals surface area contributed by atoms with Gasteiger partial charge in [-0.3, -0.25) is 4.79 Å². The maximum absolute atomic E-state index is 11.9. The van der Waals surface area contributed by atoms with Gasteiger partial charge in [0.05, 0.1) is 17.0 Å². The number of nitrogens with one attached hydrogen (secondary N) is 1. The van der Waals surface area contributed by atoms with Crippen LogP contribution in [0, 0.1) is 17.8 Å². The van der Waals surface area contributed by atoms with Crippen molar-refractivity contribution in [1.82, 2.24) is 5.32 Å². The van der Waals surface area contributed by atoms with E-state index in [1.165, 1.54) is 11.3 Å². The number of carbonyl (C=O) groups is 1. The molecule has 1 amide bonds. The molecule has 0 radical (unpaired) electrons. The molecular formula is C14H17NO2S. The first kappa shape index (κ1) is 13.1. The Balaban J connectivity index is 1.90. The number of carbonyl (C=O) groups excluding carboxylic acids is 1. The smallest absolute Gasteiger partial charge is 0.252 e. The van der Waals surface area contributed by atoms with Crippen molar-refractivity contribution >= 4 is 17.2 Å². The zero-order valence-corrected chi connectivity index (χ0v) is 11.2. The summed E-state index contributed by atoms with van der Waals surface area (Å²) in [5.41, 5.74) is 0.690. The summed E-state index contributed by atoms with van der Waals surface area (Å²) in [5, 5.41) is 13.5. The van der Waals surface area contributed by atoms with Crippen molar-refractivity contribution < 1.29 is 9.90 Å². The van der Waals surface area contributed by atoms with Gasteiger partial charge in [0, 0.05) is 17.8 Å². The number of amides is 1. The van der Waals surface area contributed by atoms with Crippen LogP contribution in [-0.4, -0.2) is 23.7 Å². The monoisotopic (exact) mass is 263 g/mol. The SMILES string of the molecule is CCC1CC1NC(=O)c1csc(C#CCCO)c1. The molecule has 4 heteroatoms. The van der Waals surface area contributed by atoms with Crippen LogP contribution in [0.15, 0.2) is 11.4 Å². The molecule has 2 atom stereocenters. The summed E-state index contributed by atoms with van der Waals surface area (Å²) >= 11 is 1.47. The Kier molecular flexibility index (Phi) is 4.40. The molecule has 0 aromatic carbocycles. The van der Waals surface area contributed by atoms with Gasteiger partial charge in [0.15, 0.2) is 0 Å². The van der Waals surface area contributed by atoms with Gasteiger partial charge in [0.2, 0.25) is 0 Å². The van der Waals surface area contributed by atoms with Gasteiger partial charge in [-0.2, -0.15) is 0 Å². The molecule has 96 valence electrons. The number of aliphatic hydroxyl groups excluding tert-OH is 1. The van der Waals surface area contributed by atoms with Crippen LogP contribution in [0.4, 0.5) is 0 Å². The van der Waals surface area contributed by atoms with Gasteiger partial charge in [0.25, 0.3) is 5.91 Å². The fraction of sp³-hybridized carbons (Fsp3) is 0.500. The minimum Gasteiger partial charge on any atom is -0.395 e. The van der Waals surface area contributed by atoms with E-state index in [4.69, 9.17) is 5.11 Å². The first-order chi connectivity index (χ1) is 8.74. The van der Waals surface area contributed by atoms with Crippen LogP contribution >= 0.6 is 11.3 Å². The predicted molar refractivity (Wildman–Crippen MR) is 72.6 cm³/mol. The second-order valence-corrected chi connectivity index (χ2v) is 5.37. The van der Waals surface area contributed by atoms with Gasteiger partial charge in [-0.1, -0.05) is 25.2 Å². The van der Waals surface area contributed by atoms with E-state index in [0.717, 1.165) is 17.7 Å². The van der Waals surface area contributed by atoms with Gasteiger partial charge in [-0.15, -0.1) is 11.3 Å². The van der Waals surface area contributed by atoms with Crippen LogP contribution in [0.25, 0.3) is 0 Å². The van der Waals surface area contributed by atoms with E-state index < -0.39 is 0 Å². The average Bonchev–Trinajstić information content (AvgIpc) is 2.94. The van der Waals surface area contributed by atoms with E-state index in [1.54, 1.807) is 0 Å². The molecule has 0 aliphatic heterocycles.